The molecule has 1 saturated heterocycles. The molecule has 1 aromatic rings. The molecule has 0 saturated carbocycles. The fourth-order valence-corrected chi connectivity index (χ4v) is 2.12. The van der Waals surface area contributed by atoms with Crippen LogP contribution in [0, 0.1) is 0 Å². The van der Waals surface area contributed by atoms with Gasteiger partial charge < -0.3 is 15.3 Å². The van der Waals surface area contributed by atoms with Crippen LogP contribution in [0.2, 0.25) is 0 Å². The van der Waals surface area contributed by atoms with Gasteiger partial charge in [0.05, 0.1) is 5.71 Å². The topological polar surface area (TPSA) is 70.9 Å². The van der Waals surface area contributed by atoms with Crippen molar-refractivity contribution in [1.29, 1.82) is 0 Å². The van der Waals surface area contributed by atoms with E-state index in [1.807, 2.05) is 12.1 Å². The Bertz CT molecular complexity index is 479. The summed E-state index contributed by atoms with van der Waals surface area (Å²) in [6.45, 7) is 2.32. The van der Waals surface area contributed by atoms with E-state index in [2.05, 4.69) is 10.5 Å². The van der Waals surface area contributed by atoms with Gasteiger partial charge in [0.2, 0.25) is 0 Å². The Morgan fingerprint density at radius 2 is 2.21 bits per heavy atom. The highest BCUT2D eigenvalue weighted by Gasteiger charge is 2.22. The summed E-state index contributed by atoms with van der Waals surface area (Å²) in [6.07, 6.45) is 2.39. The Balaban J connectivity index is 2.12. The van der Waals surface area contributed by atoms with Gasteiger partial charge in [-0.3, -0.25) is 4.79 Å². The summed E-state index contributed by atoms with van der Waals surface area (Å²) >= 11 is 0. The largest absolute Gasteiger partial charge is 0.411 e. The summed E-state index contributed by atoms with van der Waals surface area (Å²) in [7, 11) is 0. The Morgan fingerprint density at radius 1 is 1.42 bits per heavy atom. The van der Waals surface area contributed by atoms with Crippen LogP contribution in [0.1, 0.15) is 31.7 Å². The van der Waals surface area contributed by atoms with E-state index in [9.17, 15) is 4.79 Å². The maximum Gasteiger partial charge on any atom is 0.253 e. The smallest absolute Gasteiger partial charge is 0.253 e. The van der Waals surface area contributed by atoms with E-state index in [1.165, 1.54) is 0 Å². The summed E-state index contributed by atoms with van der Waals surface area (Å²) in [5, 5.41) is 14.9. The highest BCUT2D eigenvalue weighted by atomic mass is 16.5. The van der Waals surface area contributed by atoms with E-state index in [1.54, 1.807) is 19.1 Å². The molecule has 1 amide bonds. The molecule has 19 heavy (non-hydrogen) atoms. The first kappa shape index (κ1) is 13.5. The van der Waals surface area contributed by atoms with Gasteiger partial charge in [-0.1, -0.05) is 23.4 Å². The predicted molar refractivity (Wildman–Crippen MR) is 72.7 cm³/mol. The minimum Gasteiger partial charge on any atom is -0.411 e. The van der Waals surface area contributed by atoms with Crippen molar-refractivity contribution < 1.29 is 14.7 Å². The second kappa shape index (κ2) is 6.33. The number of anilines is 1. The maximum absolute atomic E-state index is 12.1. The number of ether oxygens (including phenoxy) is 1. The number of carbonyl (C=O) groups excluding carboxylic acids is 1. The minimum atomic E-state index is -0.381. The van der Waals surface area contributed by atoms with Crippen LogP contribution in [-0.2, 0) is 9.53 Å². The average molecular weight is 262 g/mol. The lowest BCUT2D eigenvalue weighted by molar-refractivity contribution is -0.129. The van der Waals surface area contributed by atoms with Crippen molar-refractivity contribution in [3.63, 3.8) is 0 Å². The Morgan fingerprint density at radius 3 is 2.89 bits per heavy atom. The van der Waals surface area contributed by atoms with Crippen molar-refractivity contribution in [1.82, 2.24) is 0 Å². The van der Waals surface area contributed by atoms with Crippen LogP contribution < -0.4 is 5.32 Å². The zero-order chi connectivity index (χ0) is 13.7. The minimum absolute atomic E-state index is 0.141. The number of hydrogen-bond donors (Lipinski definition) is 2. The molecule has 1 aliphatic rings. The quantitative estimate of drug-likeness (QED) is 0.499. The summed E-state index contributed by atoms with van der Waals surface area (Å²) < 4.78 is 5.45. The molecule has 1 unspecified atom stereocenters. The van der Waals surface area contributed by atoms with Crippen LogP contribution >= 0.6 is 0 Å². The third-order valence-electron chi connectivity index (χ3n) is 3.20. The number of rotatable bonds is 3. The van der Waals surface area contributed by atoms with Crippen LogP contribution in [0.25, 0.3) is 0 Å². The number of amides is 1. The van der Waals surface area contributed by atoms with Crippen molar-refractivity contribution in [3.05, 3.63) is 29.8 Å². The van der Waals surface area contributed by atoms with Crippen LogP contribution in [-0.4, -0.2) is 29.5 Å². The Hall–Kier alpha value is -1.88. The fraction of sp³-hybridized carbons (Fsp3) is 0.429. The number of nitrogens with one attached hydrogen (secondary N) is 1. The lowest BCUT2D eigenvalue weighted by Gasteiger charge is -2.22. The number of para-hydroxylation sites is 1. The molecule has 1 aliphatic heterocycles. The van der Waals surface area contributed by atoms with E-state index in [0.29, 0.717) is 23.6 Å². The second-order valence-corrected chi connectivity index (χ2v) is 4.58. The molecular formula is C14H18N2O3. The van der Waals surface area contributed by atoms with Crippen LogP contribution in [0.3, 0.4) is 0 Å². The monoisotopic (exact) mass is 262 g/mol. The molecule has 0 radical (unpaired) electrons. The molecule has 5 nitrogen and oxygen atoms in total. The SMILES string of the molecule is CC(=NO)c1ccccc1NC(=O)C1CCCCO1. The molecule has 0 spiro atoms. The molecule has 1 heterocycles. The summed E-state index contributed by atoms with van der Waals surface area (Å²) in [4.78, 5) is 12.1. The molecule has 102 valence electrons. The summed E-state index contributed by atoms with van der Waals surface area (Å²) in [6, 6.07) is 7.24. The molecule has 0 bridgehead atoms. The van der Waals surface area contributed by atoms with Gasteiger partial charge in [0.15, 0.2) is 0 Å². The van der Waals surface area contributed by atoms with Gasteiger partial charge in [-0.2, -0.15) is 0 Å². The molecule has 1 atom stereocenters. The first-order chi connectivity index (χ1) is 9.22. The normalized spacial score (nSPS) is 20.1. The number of carbonyl (C=O) groups is 1. The van der Waals surface area contributed by atoms with Gasteiger partial charge in [0, 0.05) is 17.9 Å². The number of nitrogens with zero attached hydrogens (tertiary/aromatic N) is 1. The van der Waals surface area contributed by atoms with Gasteiger partial charge in [0.25, 0.3) is 5.91 Å². The van der Waals surface area contributed by atoms with Gasteiger partial charge in [-0.15, -0.1) is 0 Å². The maximum atomic E-state index is 12.1. The van der Waals surface area contributed by atoms with E-state index >= 15 is 0 Å². The first-order valence-electron chi connectivity index (χ1n) is 6.43. The van der Waals surface area contributed by atoms with E-state index in [-0.39, 0.29) is 12.0 Å². The van der Waals surface area contributed by atoms with E-state index in [4.69, 9.17) is 9.94 Å². The highest BCUT2D eigenvalue weighted by Crippen LogP contribution is 2.19. The van der Waals surface area contributed by atoms with Crippen LogP contribution in [0.5, 0.6) is 0 Å². The number of oxime groups is 1. The Labute approximate surface area is 112 Å². The van der Waals surface area contributed by atoms with Gasteiger partial charge in [0.1, 0.15) is 6.10 Å². The first-order valence-corrected chi connectivity index (χ1v) is 6.43. The lowest BCUT2D eigenvalue weighted by atomic mass is 10.1. The van der Waals surface area contributed by atoms with Crippen molar-refractivity contribution in [3.8, 4) is 0 Å². The third-order valence-corrected chi connectivity index (χ3v) is 3.20. The molecular weight excluding hydrogens is 244 g/mol. The molecule has 2 rings (SSSR count). The lowest BCUT2D eigenvalue weighted by Crippen LogP contribution is -2.33. The van der Waals surface area contributed by atoms with Crippen molar-refractivity contribution >= 4 is 17.3 Å². The number of hydrogen-bond acceptors (Lipinski definition) is 4. The molecule has 1 aromatic carbocycles. The standard InChI is InChI=1S/C14H18N2O3/c1-10(16-18)11-6-2-3-7-12(11)15-14(17)13-8-4-5-9-19-13/h2-3,6-7,13,18H,4-5,8-9H2,1H3,(H,15,17). The van der Waals surface area contributed by atoms with Crippen molar-refractivity contribution in [2.24, 2.45) is 5.16 Å². The molecule has 0 aromatic heterocycles. The van der Waals surface area contributed by atoms with Gasteiger partial charge >= 0.3 is 0 Å². The third kappa shape index (κ3) is 3.32. The van der Waals surface area contributed by atoms with Crippen LogP contribution in [0.4, 0.5) is 5.69 Å². The van der Waals surface area contributed by atoms with Crippen LogP contribution in [0.15, 0.2) is 29.4 Å². The van der Waals surface area contributed by atoms with Crippen molar-refractivity contribution in [2.75, 3.05) is 11.9 Å². The highest BCUT2D eigenvalue weighted by molar-refractivity contribution is 6.06. The van der Waals surface area contributed by atoms with E-state index in [0.717, 1.165) is 19.3 Å². The molecule has 2 N–H and O–H groups in total. The van der Waals surface area contributed by atoms with Gasteiger partial charge in [-0.25, -0.2) is 0 Å². The molecule has 1 fully saturated rings. The van der Waals surface area contributed by atoms with Crippen molar-refractivity contribution in [2.45, 2.75) is 32.3 Å². The second-order valence-electron chi connectivity index (χ2n) is 4.58. The fourth-order valence-electron chi connectivity index (χ4n) is 2.12. The van der Waals surface area contributed by atoms with Gasteiger partial charge in [-0.05, 0) is 32.3 Å². The predicted octanol–water partition coefficient (Wildman–Crippen LogP) is 2.39. The average Bonchev–Trinajstić information content (AvgIpc) is 2.48. The van der Waals surface area contributed by atoms with E-state index < -0.39 is 0 Å². The zero-order valence-electron chi connectivity index (χ0n) is 10.9. The molecule has 5 heteroatoms. The Kier molecular flexibility index (Phi) is 4.52. The number of benzene rings is 1. The summed E-state index contributed by atoms with van der Waals surface area (Å²) in [5.41, 5.74) is 1.80. The zero-order valence-corrected chi connectivity index (χ0v) is 10.9. The summed E-state index contributed by atoms with van der Waals surface area (Å²) in [5.74, 6) is -0.141. The molecule has 0 aliphatic carbocycles.